The van der Waals surface area contributed by atoms with Crippen molar-refractivity contribution in [3.05, 3.63) is 41.9 Å². The van der Waals surface area contributed by atoms with Crippen molar-refractivity contribution in [2.24, 2.45) is 17.8 Å². The summed E-state index contributed by atoms with van der Waals surface area (Å²) in [5.74, 6) is 1.65. The largest absolute Gasteiger partial charge is 0.393 e. The van der Waals surface area contributed by atoms with Gasteiger partial charge in [-0.2, -0.15) is 4.98 Å². The Morgan fingerprint density at radius 3 is 2.57 bits per heavy atom. The third-order valence-electron chi connectivity index (χ3n) is 9.30. The SMILES string of the molecule is C[C@H](CCc1cc(-n2c(C(F)F)nc3ccccc32)nc(N2CCOCC2)n1)C1CCN(C(=O)C2CCC(O)CC2)C1. The molecule has 6 rings (SSSR count). The molecule has 2 atom stereocenters. The molecule has 0 radical (unpaired) electrons. The number of carbonyl (C=O) groups excluding carboxylic acids is 1. The van der Waals surface area contributed by atoms with Gasteiger partial charge in [0.25, 0.3) is 6.43 Å². The lowest BCUT2D eigenvalue weighted by Gasteiger charge is -2.29. The minimum atomic E-state index is -2.76. The molecule has 11 heteroatoms. The van der Waals surface area contributed by atoms with Crippen molar-refractivity contribution in [3.63, 3.8) is 0 Å². The first-order chi connectivity index (χ1) is 20.4. The fourth-order valence-corrected chi connectivity index (χ4v) is 6.69. The molecule has 42 heavy (non-hydrogen) atoms. The van der Waals surface area contributed by atoms with Gasteiger partial charge >= 0.3 is 0 Å². The molecule has 0 bridgehead atoms. The number of halogens is 2. The number of hydrogen-bond donors (Lipinski definition) is 1. The quantitative estimate of drug-likeness (QED) is 0.416. The van der Waals surface area contributed by atoms with Gasteiger partial charge in [-0.3, -0.25) is 9.36 Å². The van der Waals surface area contributed by atoms with Gasteiger partial charge < -0.3 is 19.6 Å². The molecule has 9 nitrogen and oxygen atoms in total. The zero-order chi connectivity index (χ0) is 29.2. The lowest BCUT2D eigenvalue weighted by atomic mass is 9.86. The average molecular weight is 583 g/mol. The van der Waals surface area contributed by atoms with E-state index < -0.39 is 6.43 Å². The minimum absolute atomic E-state index is 0.0397. The Kier molecular flexibility index (Phi) is 8.67. The summed E-state index contributed by atoms with van der Waals surface area (Å²) >= 11 is 0. The van der Waals surface area contributed by atoms with E-state index in [9.17, 15) is 18.7 Å². The first-order valence-electron chi connectivity index (χ1n) is 15.3. The van der Waals surface area contributed by atoms with Crippen LogP contribution in [0.4, 0.5) is 14.7 Å². The van der Waals surface area contributed by atoms with Crippen LogP contribution in [0.25, 0.3) is 16.9 Å². The third kappa shape index (κ3) is 6.13. The molecule has 2 aromatic heterocycles. The molecule has 3 aromatic rings. The number of aryl methyl sites for hydroxylation is 1. The molecule has 1 unspecified atom stereocenters. The first-order valence-corrected chi connectivity index (χ1v) is 15.3. The van der Waals surface area contributed by atoms with Crippen molar-refractivity contribution < 1.29 is 23.4 Å². The Hall–Kier alpha value is -3.18. The summed E-state index contributed by atoms with van der Waals surface area (Å²) in [4.78, 5) is 31.1. The highest BCUT2D eigenvalue weighted by atomic mass is 19.3. The Bertz CT molecular complexity index is 1390. The van der Waals surface area contributed by atoms with E-state index in [1.54, 1.807) is 18.2 Å². The Labute approximate surface area is 244 Å². The highest BCUT2D eigenvalue weighted by Gasteiger charge is 2.34. The number of amides is 1. The average Bonchev–Trinajstić information content (AvgIpc) is 3.66. The molecular weight excluding hydrogens is 542 g/mol. The zero-order valence-corrected chi connectivity index (χ0v) is 24.2. The molecular formula is C31H40F2N6O3. The molecule has 2 aliphatic heterocycles. The van der Waals surface area contributed by atoms with Crippen LogP contribution in [-0.4, -0.2) is 80.9 Å². The smallest absolute Gasteiger partial charge is 0.296 e. The maximum absolute atomic E-state index is 14.2. The Balaban J connectivity index is 1.20. The number of anilines is 1. The Morgan fingerprint density at radius 2 is 1.81 bits per heavy atom. The zero-order valence-electron chi connectivity index (χ0n) is 24.2. The van der Waals surface area contributed by atoms with Gasteiger partial charge in [-0.15, -0.1) is 0 Å². The van der Waals surface area contributed by atoms with Crippen LogP contribution >= 0.6 is 0 Å². The molecule has 1 amide bonds. The summed E-state index contributed by atoms with van der Waals surface area (Å²) in [5.41, 5.74) is 1.89. The van der Waals surface area contributed by atoms with Crippen molar-refractivity contribution in [3.8, 4) is 5.82 Å². The van der Waals surface area contributed by atoms with E-state index in [0.717, 1.165) is 44.5 Å². The van der Waals surface area contributed by atoms with E-state index in [2.05, 4.69) is 11.9 Å². The molecule has 4 heterocycles. The number of ether oxygens (including phenoxy) is 1. The van der Waals surface area contributed by atoms with Gasteiger partial charge in [0.05, 0.1) is 30.4 Å². The standard InChI is InChI=1S/C31H40F2N6O3/c1-20(22-12-13-38(19-22)30(41)21-7-10-24(40)11-8-21)6-9-23-18-27(36-31(34-23)37-14-16-42-17-15-37)39-26-5-3-2-4-25(26)35-29(39)28(32)33/h2-5,18,20-22,24,28,40H,6-17,19H2,1H3/t20-,21?,22?,24?/m1/s1. The van der Waals surface area contributed by atoms with Crippen molar-refractivity contribution >= 4 is 22.9 Å². The number of hydrogen-bond acceptors (Lipinski definition) is 7. The van der Waals surface area contributed by atoms with Gasteiger partial charge in [0.15, 0.2) is 5.82 Å². The van der Waals surface area contributed by atoms with Gasteiger partial charge in [-0.1, -0.05) is 19.1 Å². The van der Waals surface area contributed by atoms with E-state index in [-0.39, 0.29) is 23.8 Å². The number of benzene rings is 1. The van der Waals surface area contributed by atoms with Crippen LogP contribution in [0.2, 0.25) is 0 Å². The van der Waals surface area contributed by atoms with E-state index in [0.29, 0.717) is 80.2 Å². The summed E-state index contributed by atoms with van der Waals surface area (Å²) < 4.78 is 35.3. The lowest BCUT2D eigenvalue weighted by molar-refractivity contribution is -0.136. The molecule has 2 saturated heterocycles. The second kappa shape index (κ2) is 12.6. The number of alkyl halides is 2. The van der Waals surface area contributed by atoms with Crippen LogP contribution in [0, 0.1) is 17.8 Å². The highest BCUT2D eigenvalue weighted by molar-refractivity contribution is 5.79. The number of fused-ring (bicyclic) bond motifs is 1. The molecule has 1 aromatic carbocycles. The van der Waals surface area contributed by atoms with E-state index in [1.165, 1.54) is 4.57 Å². The number of aliphatic hydroxyl groups excluding tert-OH is 1. The van der Waals surface area contributed by atoms with E-state index >= 15 is 0 Å². The van der Waals surface area contributed by atoms with Gasteiger partial charge in [0, 0.05) is 43.9 Å². The summed E-state index contributed by atoms with van der Waals surface area (Å²) in [6.45, 7) is 6.19. The highest BCUT2D eigenvalue weighted by Crippen LogP contribution is 2.33. The number of para-hydroxylation sites is 2. The predicted octanol–water partition coefficient (Wildman–Crippen LogP) is 4.56. The number of aliphatic hydroxyl groups is 1. The van der Waals surface area contributed by atoms with Crippen LogP contribution in [0.15, 0.2) is 30.3 Å². The number of aromatic nitrogens is 4. The predicted molar refractivity (Wildman–Crippen MR) is 155 cm³/mol. The topological polar surface area (TPSA) is 96.6 Å². The van der Waals surface area contributed by atoms with Gasteiger partial charge in [0.1, 0.15) is 5.82 Å². The number of nitrogens with zero attached hydrogens (tertiary/aromatic N) is 6. The number of rotatable bonds is 8. The minimum Gasteiger partial charge on any atom is -0.393 e. The van der Waals surface area contributed by atoms with Gasteiger partial charge in [-0.25, -0.2) is 18.7 Å². The first kappa shape index (κ1) is 28.9. The van der Waals surface area contributed by atoms with E-state index in [4.69, 9.17) is 14.7 Å². The maximum Gasteiger partial charge on any atom is 0.296 e. The second-order valence-electron chi connectivity index (χ2n) is 12.1. The van der Waals surface area contributed by atoms with Crippen molar-refractivity contribution in [1.29, 1.82) is 0 Å². The van der Waals surface area contributed by atoms with Crippen LogP contribution in [-0.2, 0) is 16.0 Å². The summed E-state index contributed by atoms with van der Waals surface area (Å²) in [6.07, 6.45) is 2.49. The summed E-state index contributed by atoms with van der Waals surface area (Å²) in [7, 11) is 0. The number of carbonyl (C=O) groups is 1. The molecule has 0 spiro atoms. The van der Waals surface area contributed by atoms with Crippen LogP contribution in [0.5, 0.6) is 0 Å². The van der Waals surface area contributed by atoms with Crippen molar-refractivity contribution in [2.45, 2.75) is 64.4 Å². The maximum atomic E-state index is 14.2. The van der Waals surface area contributed by atoms with Crippen LogP contribution < -0.4 is 4.90 Å². The molecule has 1 saturated carbocycles. The van der Waals surface area contributed by atoms with Crippen molar-refractivity contribution in [1.82, 2.24) is 24.4 Å². The fraction of sp³-hybridized carbons (Fsp3) is 0.613. The van der Waals surface area contributed by atoms with Crippen LogP contribution in [0.1, 0.15) is 63.4 Å². The van der Waals surface area contributed by atoms with Gasteiger partial charge in [0.2, 0.25) is 11.9 Å². The number of likely N-dealkylation sites (tertiary alicyclic amines) is 1. The number of morpholine rings is 1. The molecule has 3 fully saturated rings. The summed E-state index contributed by atoms with van der Waals surface area (Å²) in [5, 5.41) is 9.81. The molecule has 3 aliphatic rings. The van der Waals surface area contributed by atoms with E-state index in [1.807, 2.05) is 21.9 Å². The van der Waals surface area contributed by atoms with Gasteiger partial charge in [-0.05, 0) is 68.9 Å². The molecule has 226 valence electrons. The normalized spacial score (nSPS) is 24.1. The molecule has 1 aliphatic carbocycles. The summed E-state index contributed by atoms with van der Waals surface area (Å²) in [6, 6.07) is 8.94. The van der Waals surface area contributed by atoms with Crippen LogP contribution in [0.3, 0.4) is 0 Å². The Morgan fingerprint density at radius 1 is 1.05 bits per heavy atom. The number of imidazole rings is 1. The van der Waals surface area contributed by atoms with Crippen molar-refractivity contribution in [2.75, 3.05) is 44.3 Å². The third-order valence-corrected chi connectivity index (χ3v) is 9.30. The lowest BCUT2D eigenvalue weighted by Crippen LogP contribution is -2.37. The molecule has 1 N–H and O–H groups in total. The monoisotopic (exact) mass is 582 g/mol. The second-order valence-corrected chi connectivity index (χ2v) is 12.1. The fourth-order valence-electron chi connectivity index (χ4n) is 6.69.